The summed E-state index contributed by atoms with van der Waals surface area (Å²) in [5, 5.41) is 38.4. The van der Waals surface area contributed by atoms with Gasteiger partial charge in [0.15, 0.2) is 5.82 Å². The molecule has 19 heteroatoms. The van der Waals surface area contributed by atoms with Gasteiger partial charge in [0.25, 0.3) is 5.56 Å². The van der Waals surface area contributed by atoms with E-state index in [9.17, 15) is 34.5 Å². The molecule has 0 spiro atoms. The van der Waals surface area contributed by atoms with Gasteiger partial charge < -0.3 is 39.0 Å². The van der Waals surface area contributed by atoms with Crippen LogP contribution in [0.3, 0.4) is 0 Å². The van der Waals surface area contributed by atoms with E-state index in [4.69, 9.17) is 19.2 Å². The Morgan fingerprint density at radius 3 is 2.34 bits per heavy atom. The van der Waals surface area contributed by atoms with E-state index < -0.39 is 41.5 Å². The van der Waals surface area contributed by atoms with Crippen molar-refractivity contribution in [2.45, 2.75) is 104 Å². The van der Waals surface area contributed by atoms with E-state index in [0.717, 1.165) is 11.1 Å². The zero-order valence-electron chi connectivity index (χ0n) is 42.9. The molecule has 6 aromatic rings. The number of carbonyl (C=O) groups is 3. The molecule has 0 aliphatic carbocycles. The van der Waals surface area contributed by atoms with Crippen molar-refractivity contribution in [1.29, 1.82) is 0 Å². The van der Waals surface area contributed by atoms with Gasteiger partial charge in [-0.25, -0.2) is 29.0 Å². The average Bonchev–Trinajstić information content (AvgIpc) is 3.93. The summed E-state index contributed by atoms with van der Waals surface area (Å²) in [6, 6.07) is 19.0. The van der Waals surface area contributed by atoms with E-state index in [1.807, 2.05) is 77.9 Å². The number of ether oxygens (including phenoxy) is 3. The van der Waals surface area contributed by atoms with Crippen LogP contribution in [0.15, 0.2) is 76.3 Å². The smallest absolute Gasteiger partial charge is 0.508 e. The van der Waals surface area contributed by atoms with Crippen LogP contribution in [0.1, 0.15) is 107 Å². The van der Waals surface area contributed by atoms with Crippen LogP contribution in [0.2, 0.25) is 0 Å². The Labute approximate surface area is 427 Å². The summed E-state index contributed by atoms with van der Waals surface area (Å²) >= 11 is 0. The van der Waals surface area contributed by atoms with E-state index in [2.05, 4.69) is 20.0 Å². The zero-order valence-corrected chi connectivity index (χ0v) is 42.9. The van der Waals surface area contributed by atoms with Gasteiger partial charge in [0, 0.05) is 69.4 Å². The Morgan fingerprint density at radius 2 is 1.66 bits per heavy atom. The van der Waals surface area contributed by atoms with Crippen LogP contribution in [-0.2, 0) is 33.0 Å². The predicted octanol–water partition coefficient (Wildman–Crippen LogP) is 7.90. The number of phenolic OH excluding ortho intramolecular Hbond substituents is 2. The lowest BCUT2D eigenvalue weighted by Gasteiger charge is -2.46. The highest BCUT2D eigenvalue weighted by Gasteiger charge is 2.51. The fraction of sp³-hybridized carbons (Fsp3) is 0.436. The average molecular weight is 1010 g/mol. The monoisotopic (exact) mass is 1010 g/mol. The molecule has 74 heavy (non-hydrogen) atoms. The third-order valence-corrected chi connectivity index (χ3v) is 14.8. The van der Waals surface area contributed by atoms with Gasteiger partial charge in [0.2, 0.25) is 0 Å². The number of piperazine rings is 1. The quantitative estimate of drug-likeness (QED) is 0.0532. The van der Waals surface area contributed by atoms with Crippen LogP contribution in [-0.4, -0.2) is 125 Å². The van der Waals surface area contributed by atoms with Gasteiger partial charge in [-0.2, -0.15) is 5.10 Å². The molecule has 19 nitrogen and oxygen atoms in total. The number of H-pyrrole nitrogens is 1. The molecule has 9 rings (SSSR count). The molecule has 4 N–H and O–H groups in total. The lowest BCUT2D eigenvalue weighted by Crippen LogP contribution is -2.55. The van der Waals surface area contributed by atoms with Crippen molar-refractivity contribution in [3.8, 4) is 45.7 Å². The third kappa shape index (κ3) is 9.85. The number of esters is 1. The fourth-order valence-electron chi connectivity index (χ4n) is 10.8. The number of fused-ring (bicyclic) bond motifs is 5. The van der Waals surface area contributed by atoms with Crippen molar-refractivity contribution < 1.29 is 43.9 Å². The normalized spacial score (nSPS) is 16.7. The number of nitrogens with one attached hydrogen (secondary N) is 1. The molecular formula is C55H64N8O11. The molecule has 1 amide bonds. The number of carbonyl (C=O) groups excluding carboxylic acids is 2. The number of amides is 1. The molecular weight excluding hydrogens is 949 g/mol. The van der Waals surface area contributed by atoms with Gasteiger partial charge in [-0.15, -0.1) is 0 Å². The Kier molecular flexibility index (Phi) is 14.4. The number of hydrogen-bond acceptors (Lipinski definition) is 14. The molecule has 2 atom stereocenters. The number of hydrogen-bond donors (Lipinski definition) is 4. The molecule has 3 aliphatic rings. The molecule has 1 saturated heterocycles. The van der Waals surface area contributed by atoms with E-state index >= 15 is 4.79 Å². The maximum atomic E-state index is 15.1. The van der Waals surface area contributed by atoms with E-state index in [1.165, 1.54) is 22.6 Å². The Balaban J connectivity index is 0.989. The lowest BCUT2D eigenvalue weighted by molar-refractivity contribution is -0.170. The molecule has 6 heterocycles. The highest BCUT2D eigenvalue weighted by molar-refractivity contribution is 5.87. The topological polar surface area (TPSA) is 235 Å². The minimum Gasteiger partial charge on any atom is -0.508 e. The predicted molar refractivity (Wildman–Crippen MR) is 276 cm³/mol. The number of aromatic nitrogens is 5. The number of phenols is 2. The maximum absolute atomic E-state index is 15.1. The Bertz CT molecular complexity index is 3240. The molecule has 1 fully saturated rings. The van der Waals surface area contributed by atoms with Crippen LogP contribution < -0.4 is 16.0 Å². The fourth-order valence-corrected chi connectivity index (χ4v) is 10.8. The first kappa shape index (κ1) is 51.4. The molecule has 0 radical (unpaired) electrons. The van der Waals surface area contributed by atoms with Gasteiger partial charge >= 0.3 is 23.9 Å². The Hall–Kier alpha value is -7.51. The van der Waals surface area contributed by atoms with Crippen molar-refractivity contribution in [3.05, 3.63) is 115 Å². The van der Waals surface area contributed by atoms with Gasteiger partial charge in [0.05, 0.1) is 52.8 Å². The number of rotatable bonds is 16. The number of nitrogens with zero attached hydrogens (tertiary/aromatic N) is 7. The van der Waals surface area contributed by atoms with Crippen LogP contribution in [0.4, 0.5) is 9.59 Å². The molecule has 2 unspecified atom stereocenters. The number of cyclic esters (lactones) is 1. The molecule has 0 bridgehead atoms. The van der Waals surface area contributed by atoms with Gasteiger partial charge in [-0.3, -0.25) is 19.4 Å². The van der Waals surface area contributed by atoms with Crippen LogP contribution in [0, 0.1) is 5.92 Å². The summed E-state index contributed by atoms with van der Waals surface area (Å²) < 4.78 is 20.3. The largest absolute Gasteiger partial charge is 0.513 e. The summed E-state index contributed by atoms with van der Waals surface area (Å²) in [6.45, 7) is 15.3. The molecule has 390 valence electrons. The number of aromatic hydroxyl groups is 2. The number of benzene rings is 3. The van der Waals surface area contributed by atoms with Crippen molar-refractivity contribution >= 4 is 29.1 Å². The van der Waals surface area contributed by atoms with Crippen molar-refractivity contribution in [1.82, 2.24) is 39.0 Å². The number of carboxylic acid groups (broad SMARTS) is 1. The number of pyridine rings is 2. The van der Waals surface area contributed by atoms with Crippen molar-refractivity contribution in [3.63, 3.8) is 0 Å². The standard InChI is InChI=1S/C55H64N8O11/c1-8-55(9-2)47-40(26-43-48-35(29-62(43)50(47)66)23-34-24-37(16-17-41(34)56-48)73-54(71)72-30-31(3)4)46(51(67)74-55)42(11-10-18-59(7)53(69)70)61-21-19-60(20-22-61)28-33-12-14-36(15-13-33)63-49(57-58-52(63)68)39-25-38(32(5)6)44(64)27-45(39)65/h12-17,23-27,31-32,42,46,64-65H,8-11,18-22,28-30H2,1-7H3,(H,58,68)(H,69,70). The lowest BCUT2D eigenvalue weighted by atomic mass is 9.75. The van der Waals surface area contributed by atoms with Gasteiger partial charge in [-0.05, 0) is 103 Å². The highest BCUT2D eigenvalue weighted by atomic mass is 16.7. The van der Waals surface area contributed by atoms with Crippen molar-refractivity contribution in [2.24, 2.45) is 5.92 Å². The summed E-state index contributed by atoms with van der Waals surface area (Å²) in [4.78, 5) is 78.2. The van der Waals surface area contributed by atoms with E-state index in [-0.39, 0.29) is 54.4 Å². The second kappa shape index (κ2) is 20.8. The summed E-state index contributed by atoms with van der Waals surface area (Å²) in [6.07, 6.45) is -0.169. The van der Waals surface area contributed by atoms with Crippen molar-refractivity contribution in [2.75, 3.05) is 46.4 Å². The number of aromatic amines is 1. The van der Waals surface area contributed by atoms with Gasteiger partial charge in [-0.1, -0.05) is 53.7 Å². The van der Waals surface area contributed by atoms with E-state index in [1.54, 1.807) is 28.8 Å². The molecule has 3 aromatic heterocycles. The van der Waals surface area contributed by atoms with Gasteiger partial charge in [0.1, 0.15) is 22.8 Å². The summed E-state index contributed by atoms with van der Waals surface area (Å²) in [5.41, 5.74) is 4.26. The van der Waals surface area contributed by atoms with Crippen LogP contribution in [0.25, 0.3) is 39.4 Å². The summed E-state index contributed by atoms with van der Waals surface area (Å²) in [5.74, 6) is -0.927. The second-order valence-electron chi connectivity index (χ2n) is 20.4. The first-order valence-electron chi connectivity index (χ1n) is 25.4. The maximum Gasteiger partial charge on any atom is 0.513 e. The molecule has 0 saturated carbocycles. The zero-order chi connectivity index (χ0) is 52.7. The first-order valence-corrected chi connectivity index (χ1v) is 25.4. The SMILES string of the molecule is CCC1(CC)OC(=O)C(C(CCCN(C)C(=O)O)N2CCN(Cc3ccc(-n4c(-c5cc(C(C)C)c(O)cc5O)n[nH]c4=O)cc3)CC2)c2cc3n(c(=O)c21)Cc1cc2cc(OC(=O)OCC(C)C)ccc2nc1-3. The summed E-state index contributed by atoms with van der Waals surface area (Å²) in [7, 11) is 1.52. The third-order valence-electron chi connectivity index (χ3n) is 14.8. The first-order chi connectivity index (χ1) is 35.4. The van der Waals surface area contributed by atoms with Crippen LogP contribution in [0.5, 0.6) is 17.2 Å². The minimum atomic E-state index is -1.16. The van der Waals surface area contributed by atoms with Crippen LogP contribution >= 0.6 is 0 Å². The Morgan fingerprint density at radius 1 is 0.932 bits per heavy atom. The second-order valence-corrected chi connectivity index (χ2v) is 20.4. The highest BCUT2D eigenvalue weighted by Crippen LogP contribution is 2.47. The molecule has 3 aromatic carbocycles. The van der Waals surface area contributed by atoms with E-state index in [0.29, 0.717) is 114 Å². The minimum absolute atomic E-state index is 0.0431. The molecule has 3 aliphatic heterocycles.